The predicted octanol–water partition coefficient (Wildman–Crippen LogP) is 3.11. The number of halogens is 3. The Labute approximate surface area is 94.1 Å². The van der Waals surface area contributed by atoms with Crippen molar-refractivity contribution in [3.63, 3.8) is 0 Å². The van der Waals surface area contributed by atoms with E-state index < -0.39 is 17.2 Å². The summed E-state index contributed by atoms with van der Waals surface area (Å²) in [5.74, 6) is -1.04. The van der Waals surface area contributed by atoms with Gasteiger partial charge in [-0.15, -0.1) is 12.4 Å². The van der Waals surface area contributed by atoms with E-state index in [0.29, 0.717) is 12.8 Å². The third-order valence-corrected chi connectivity index (χ3v) is 2.96. The molecule has 1 aliphatic carbocycles. The highest BCUT2D eigenvalue weighted by molar-refractivity contribution is 5.85. The maximum Gasteiger partial charge on any atom is 0.131 e. The van der Waals surface area contributed by atoms with E-state index >= 15 is 0 Å². The van der Waals surface area contributed by atoms with E-state index in [2.05, 4.69) is 0 Å². The fraction of sp³-hybridized carbons (Fsp3) is 0.455. The minimum atomic E-state index is -0.782. The normalized spacial score (nSPS) is 18.6. The number of hydrogen-bond donors (Lipinski definition) is 1. The van der Waals surface area contributed by atoms with Gasteiger partial charge in [-0.3, -0.25) is 0 Å². The van der Waals surface area contributed by atoms with Crippen LogP contribution in [0, 0.1) is 11.6 Å². The Morgan fingerprint density at radius 2 is 1.53 bits per heavy atom. The van der Waals surface area contributed by atoms with Crippen molar-refractivity contribution < 1.29 is 8.78 Å². The van der Waals surface area contributed by atoms with Gasteiger partial charge in [-0.25, -0.2) is 8.78 Å². The molecule has 0 saturated heterocycles. The SMILES string of the molecule is Cl.NC1(c2c(F)cccc2F)CCCC1. The van der Waals surface area contributed by atoms with Crippen LogP contribution in [0.1, 0.15) is 31.2 Å². The van der Waals surface area contributed by atoms with Crippen molar-refractivity contribution in [1.29, 1.82) is 0 Å². The molecule has 1 aliphatic rings. The largest absolute Gasteiger partial charge is 0.321 e. The van der Waals surface area contributed by atoms with E-state index in [1.165, 1.54) is 18.2 Å². The number of benzene rings is 1. The summed E-state index contributed by atoms with van der Waals surface area (Å²) in [4.78, 5) is 0. The number of rotatable bonds is 1. The summed E-state index contributed by atoms with van der Waals surface area (Å²) in [6.45, 7) is 0. The first-order valence-electron chi connectivity index (χ1n) is 4.87. The molecule has 0 spiro atoms. The molecule has 1 aromatic rings. The van der Waals surface area contributed by atoms with E-state index in [1.54, 1.807) is 0 Å². The molecule has 0 radical (unpaired) electrons. The van der Waals surface area contributed by atoms with Crippen molar-refractivity contribution >= 4 is 12.4 Å². The van der Waals surface area contributed by atoms with E-state index in [9.17, 15) is 8.78 Å². The lowest BCUT2D eigenvalue weighted by Crippen LogP contribution is -2.35. The second-order valence-corrected chi connectivity index (χ2v) is 3.96. The van der Waals surface area contributed by atoms with Crippen molar-refractivity contribution in [2.75, 3.05) is 0 Å². The smallest absolute Gasteiger partial charge is 0.131 e. The molecule has 0 unspecified atom stereocenters. The molecule has 0 aliphatic heterocycles. The Bertz CT molecular complexity index is 328. The van der Waals surface area contributed by atoms with Crippen molar-refractivity contribution in [2.24, 2.45) is 5.73 Å². The summed E-state index contributed by atoms with van der Waals surface area (Å²) in [5.41, 5.74) is 5.29. The van der Waals surface area contributed by atoms with Crippen LogP contribution < -0.4 is 5.73 Å². The molecule has 0 heterocycles. The quantitative estimate of drug-likeness (QED) is 0.793. The molecular formula is C11H14ClF2N. The molecule has 1 saturated carbocycles. The Hall–Kier alpha value is -0.670. The van der Waals surface area contributed by atoms with Gasteiger partial charge in [0, 0.05) is 11.1 Å². The average molecular weight is 234 g/mol. The predicted molar refractivity (Wildman–Crippen MR) is 57.9 cm³/mol. The van der Waals surface area contributed by atoms with Crippen LogP contribution in [0.4, 0.5) is 8.78 Å². The first-order valence-corrected chi connectivity index (χ1v) is 4.87. The van der Waals surface area contributed by atoms with Gasteiger partial charge in [-0.05, 0) is 25.0 Å². The fourth-order valence-electron chi connectivity index (χ4n) is 2.23. The lowest BCUT2D eigenvalue weighted by Gasteiger charge is -2.24. The lowest BCUT2D eigenvalue weighted by molar-refractivity contribution is 0.405. The second-order valence-electron chi connectivity index (χ2n) is 3.96. The van der Waals surface area contributed by atoms with E-state index in [1.807, 2.05) is 0 Å². The van der Waals surface area contributed by atoms with Crippen LogP contribution in [0.15, 0.2) is 18.2 Å². The van der Waals surface area contributed by atoms with Gasteiger partial charge in [0.05, 0.1) is 0 Å². The molecule has 0 amide bonds. The summed E-state index contributed by atoms with van der Waals surface area (Å²) < 4.78 is 26.9. The van der Waals surface area contributed by atoms with Gasteiger partial charge in [0.1, 0.15) is 11.6 Å². The van der Waals surface area contributed by atoms with Crippen molar-refractivity contribution in [3.05, 3.63) is 35.4 Å². The highest BCUT2D eigenvalue weighted by Crippen LogP contribution is 2.38. The minimum Gasteiger partial charge on any atom is -0.321 e. The highest BCUT2D eigenvalue weighted by Gasteiger charge is 2.35. The van der Waals surface area contributed by atoms with Crippen molar-refractivity contribution in [1.82, 2.24) is 0 Å². The third-order valence-electron chi connectivity index (χ3n) is 2.96. The van der Waals surface area contributed by atoms with Crippen LogP contribution >= 0.6 is 12.4 Å². The summed E-state index contributed by atoms with van der Waals surface area (Å²) >= 11 is 0. The van der Waals surface area contributed by atoms with Gasteiger partial charge in [0.25, 0.3) is 0 Å². The molecule has 0 atom stereocenters. The van der Waals surface area contributed by atoms with Crippen molar-refractivity contribution in [3.8, 4) is 0 Å². The van der Waals surface area contributed by atoms with E-state index in [0.717, 1.165) is 12.8 Å². The number of nitrogens with two attached hydrogens (primary N) is 1. The van der Waals surface area contributed by atoms with Crippen LogP contribution in [-0.2, 0) is 5.54 Å². The first kappa shape index (κ1) is 12.4. The van der Waals surface area contributed by atoms with Gasteiger partial charge >= 0.3 is 0 Å². The van der Waals surface area contributed by atoms with E-state index in [4.69, 9.17) is 5.73 Å². The summed E-state index contributed by atoms with van der Waals surface area (Å²) in [5, 5.41) is 0. The molecule has 2 rings (SSSR count). The molecule has 1 fully saturated rings. The van der Waals surface area contributed by atoms with Crippen LogP contribution in [0.25, 0.3) is 0 Å². The van der Waals surface area contributed by atoms with Gasteiger partial charge in [-0.2, -0.15) is 0 Å². The van der Waals surface area contributed by atoms with Crippen LogP contribution in [0.2, 0.25) is 0 Å². The van der Waals surface area contributed by atoms with Crippen LogP contribution in [0.5, 0.6) is 0 Å². The summed E-state index contributed by atoms with van der Waals surface area (Å²) in [6.07, 6.45) is 3.24. The second kappa shape index (κ2) is 4.45. The number of hydrogen-bond acceptors (Lipinski definition) is 1. The van der Waals surface area contributed by atoms with Gasteiger partial charge in [0.2, 0.25) is 0 Å². The highest BCUT2D eigenvalue weighted by atomic mass is 35.5. The minimum absolute atomic E-state index is 0. The van der Waals surface area contributed by atoms with Crippen molar-refractivity contribution in [2.45, 2.75) is 31.2 Å². The summed E-state index contributed by atoms with van der Waals surface area (Å²) in [6, 6.07) is 3.91. The summed E-state index contributed by atoms with van der Waals surface area (Å²) in [7, 11) is 0. The molecule has 15 heavy (non-hydrogen) atoms. The Morgan fingerprint density at radius 3 is 2.00 bits per heavy atom. The molecule has 1 aromatic carbocycles. The molecule has 2 N–H and O–H groups in total. The molecule has 84 valence electrons. The maximum atomic E-state index is 13.4. The van der Waals surface area contributed by atoms with E-state index in [-0.39, 0.29) is 18.0 Å². The van der Waals surface area contributed by atoms with Gasteiger partial charge < -0.3 is 5.73 Å². The third kappa shape index (κ3) is 2.13. The molecule has 1 nitrogen and oxygen atoms in total. The topological polar surface area (TPSA) is 26.0 Å². The van der Waals surface area contributed by atoms with Gasteiger partial charge in [-0.1, -0.05) is 18.9 Å². The lowest BCUT2D eigenvalue weighted by atomic mass is 9.88. The standard InChI is InChI=1S/C11H13F2N.ClH/c12-8-4-3-5-9(13)10(8)11(14)6-1-2-7-11;/h3-5H,1-2,6-7,14H2;1H. The molecular weight excluding hydrogens is 220 g/mol. The first-order chi connectivity index (χ1) is 6.63. The maximum absolute atomic E-state index is 13.4. The zero-order valence-corrected chi connectivity index (χ0v) is 9.12. The molecule has 0 aromatic heterocycles. The Balaban J connectivity index is 0.00000112. The van der Waals surface area contributed by atoms with Crippen LogP contribution in [0.3, 0.4) is 0 Å². The average Bonchev–Trinajstić information content (AvgIpc) is 2.52. The van der Waals surface area contributed by atoms with Crippen LogP contribution in [-0.4, -0.2) is 0 Å². The molecule has 0 bridgehead atoms. The Morgan fingerprint density at radius 1 is 1.07 bits per heavy atom. The van der Waals surface area contributed by atoms with Gasteiger partial charge in [0.15, 0.2) is 0 Å². The zero-order chi connectivity index (χ0) is 10.2. The fourth-order valence-corrected chi connectivity index (χ4v) is 2.23. The Kier molecular flexibility index (Phi) is 3.68. The molecule has 4 heteroatoms. The monoisotopic (exact) mass is 233 g/mol. The zero-order valence-electron chi connectivity index (χ0n) is 8.30.